The van der Waals surface area contributed by atoms with E-state index >= 15 is 0 Å². The van der Waals surface area contributed by atoms with Crippen LogP contribution in [0.25, 0.3) is 0 Å². The molecule has 0 unspecified atom stereocenters. The summed E-state index contributed by atoms with van der Waals surface area (Å²) in [4.78, 5) is 22.3. The van der Waals surface area contributed by atoms with Gasteiger partial charge in [-0.15, -0.1) is 0 Å². The Kier molecular flexibility index (Phi) is 5.43. The molecule has 0 aliphatic heterocycles. The number of hydrogen-bond donors (Lipinski definition) is 0. The molecule has 0 saturated heterocycles. The molecule has 0 rings (SSSR count). The van der Waals surface area contributed by atoms with Crippen molar-refractivity contribution in [2.45, 2.75) is 53.4 Å². The summed E-state index contributed by atoms with van der Waals surface area (Å²) < 4.78 is 4.64. The van der Waals surface area contributed by atoms with Gasteiger partial charge >= 0.3 is 11.9 Å². The molecule has 0 atom stereocenters. The maximum absolute atomic E-state index is 11.6. The number of rotatable bonds is 5. The third kappa shape index (κ3) is 3.90. The number of carbonyl (C=O) groups is 2. The van der Waals surface area contributed by atoms with Gasteiger partial charge in [0.1, 0.15) is 0 Å². The van der Waals surface area contributed by atoms with Gasteiger partial charge in [-0.05, 0) is 19.8 Å². The van der Waals surface area contributed by atoms with Crippen LogP contribution in [0.1, 0.15) is 53.4 Å². The summed E-state index contributed by atoms with van der Waals surface area (Å²) in [5.74, 6) is -0.901. The van der Waals surface area contributed by atoms with Crippen LogP contribution in [0, 0.1) is 5.41 Å². The molecule has 0 aromatic carbocycles. The van der Waals surface area contributed by atoms with Gasteiger partial charge in [-0.1, -0.05) is 26.7 Å². The molecule has 0 bridgehead atoms. The number of carbonyl (C=O) groups excluding carboxylic acids is 2. The van der Waals surface area contributed by atoms with E-state index in [1.807, 2.05) is 20.8 Å². The van der Waals surface area contributed by atoms with Gasteiger partial charge in [0.2, 0.25) is 0 Å². The van der Waals surface area contributed by atoms with Gasteiger partial charge in [-0.2, -0.15) is 0 Å². The summed E-state index contributed by atoms with van der Waals surface area (Å²) >= 11 is 0. The SMILES string of the molecule is CCCC(C)(CCC)C(=O)OC(C)=O. The van der Waals surface area contributed by atoms with E-state index < -0.39 is 11.4 Å². The third-order valence-corrected chi connectivity index (χ3v) is 2.33. The van der Waals surface area contributed by atoms with E-state index in [1.165, 1.54) is 6.92 Å². The van der Waals surface area contributed by atoms with Gasteiger partial charge in [0.15, 0.2) is 0 Å². The Morgan fingerprint density at radius 2 is 1.57 bits per heavy atom. The minimum Gasteiger partial charge on any atom is -0.393 e. The highest BCUT2D eigenvalue weighted by Gasteiger charge is 2.33. The minimum atomic E-state index is -0.520. The van der Waals surface area contributed by atoms with E-state index in [9.17, 15) is 9.59 Å². The van der Waals surface area contributed by atoms with Gasteiger partial charge in [-0.25, -0.2) is 0 Å². The first kappa shape index (κ1) is 13.1. The monoisotopic (exact) mass is 200 g/mol. The normalized spacial score (nSPS) is 11.1. The molecule has 0 aliphatic rings. The van der Waals surface area contributed by atoms with Crippen LogP contribution in [0.4, 0.5) is 0 Å². The molecular weight excluding hydrogens is 180 g/mol. The molecule has 0 spiro atoms. The van der Waals surface area contributed by atoms with Crippen LogP contribution in [-0.2, 0) is 14.3 Å². The Hall–Kier alpha value is -0.860. The number of ether oxygens (including phenoxy) is 1. The lowest BCUT2D eigenvalue weighted by atomic mass is 9.81. The second-order valence-corrected chi connectivity index (χ2v) is 3.94. The van der Waals surface area contributed by atoms with E-state index in [2.05, 4.69) is 4.74 Å². The Bertz CT molecular complexity index is 203. The average Bonchev–Trinajstić information content (AvgIpc) is 2.03. The first-order valence-corrected chi connectivity index (χ1v) is 5.19. The molecule has 0 radical (unpaired) electrons. The van der Waals surface area contributed by atoms with E-state index in [4.69, 9.17) is 0 Å². The van der Waals surface area contributed by atoms with Crippen molar-refractivity contribution in [3.8, 4) is 0 Å². The standard InChI is InChI=1S/C11H20O3/c1-5-7-11(4,8-6-2)10(13)14-9(3)12/h5-8H2,1-4H3. The highest BCUT2D eigenvalue weighted by Crippen LogP contribution is 2.30. The van der Waals surface area contributed by atoms with Crippen LogP contribution in [0.3, 0.4) is 0 Å². The summed E-state index contributed by atoms with van der Waals surface area (Å²) in [5.41, 5.74) is -0.491. The molecule has 0 N–H and O–H groups in total. The summed E-state index contributed by atoms with van der Waals surface area (Å²) in [5, 5.41) is 0. The zero-order valence-electron chi connectivity index (χ0n) is 9.55. The molecule has 0 fully saturated rings. The zero-order chi connectivity index (χ0) is 11.2. The van der Waals surface area contributed by atoms with Crippen molar-refractivity contribution in [3.05, 3.63) is 0 Å². The summed E-state index contributed by atoms with van der Waals surface area (Å²) in [6.45, 7) is 7.17. The molecule has 0 aromatic heterocycles. The first-order valence-electron chi connectivity index (χ1n) is 5.19. The van der Waals surface area contributed by atoms with Crippen LogP contribution in [-0.4, -0.2) is 11.9 Å². The van der Waals surface area contributed by atoms with Crippen LogP contribution in [0.2, 0.25) is 0 Å². The van der Waals surface area contributed by atoms with Gasteiger partial charge in [0.05, 0.1) is 5.41 Å². The molecule has 14 heavy (non-hydrogen) atoms. The van der Waals surface area contributed by atoms with Crippen LogP contribution in [0.5, 0.6) is 0 Å². The van der Waals surface area contributed by atoms with Crippen molar-refractivity contribution in [1.29, 1.82) is 0 Å². The van der Waals surface area contributed by atoms with Crippen molar-refractivity contribution in [2.75, 3.05) is 0 Å². The minimum absolute atomic E-state index is 0.381. The smallest absolute Gasteiger partial charge is 0.319 e. The first-order chi connectivity index (χ1) is 6.46. The van der Waals surface area contributed by atoms with E-state index in [-0.39, 0.29) is 5.97 Å². The van der Waals surface area contributed by atoms with Crippen molar-refractivity contribution in [2.24, 2.45) is 5.41 Å². The summed E-state index contributed by atoms with van der Waals surface area (Å²) in [6.07, 6.45) is 3.38. The second kappa shape index (κ2) is 5.78. The lowest BCUT2D eigenvalue weighted by molar-refractivity contribution is -0.166. The summed E-state index contributed by atoms with van der Waals surface area (Å²) in [7, 11) is 0. The Morgan fingerprint density at radius 1 is 1.14 bits per heavy atom. The topological polar surface area (TPSA) is 43.4 Å². The summed E-state index contributed by atoms with van der Waals surface area (Å²) in [6, 6.07) is 0. The molecule has 0 heterocycles. The van der Waals surface area contributed by atoms with Crippen LogP contribution >= 0.6 is 0 Å². The highest BCUT2D eigenvalue weighted by atomic mass is 16.6. The van der Waals surface area contributed by atoms with Crippen molar-refractivity contribution in [3.63, 3.8) is 0 Å². The Balaban J connectivity index is 4.46. The van der Waals surface area contributed by atoms with Crippen molar-refractivity contribution in [1.82, 2.24) is 0 Å². The van der Waals surface area contributed by atoms with Crippen LogP contribution < -0.4 is 0 Å². The number of hydrogen-bond acceptors (Lipinski definition) is 3. The van der Waals surface area contributed by atoms with E-state index in [0.29, 0.717) is 0 Å². The van der Waals surface area contributed by atoms with Crippen molar-refractivity contribution < 1.29 is 14.3 Å². The Labute approximate surface area is 85.8 Å². The maximum Gasteiger partial charge on any atom is 0.319 e. The predicted molar refractivity (Wildman–Crippen MR) is 54.7 cm³/mol. The van der Waals surface area contributed by atoms with E-state index in [1.54, 1.807) is 0 Å². The maximum atomic E-state index is 11.6. The van der Waals surface area contributed by atoms with Crippen LogP contribution in [0.15, 0.2) is 0 Å². The molecule has 3 heteroatoms. The lowest BCUT2D eigenvalue weighted by Gasteiger charge is -2.25. The quantitative estimate of drug-likeness (QED) is 0.506. The lowest BCUT2D eigenvalue weighted by Crippen LogP contribution is -2.31. The molecule has 0 aliphatic carbocycles. The molecule has 82 valence electrons. The van der Waals surface area contributed by atoms with Crippen molar-refractivity contribution >= 4 is 11.9 Å². The fraction of sp³-hybridized carbons (Fsp3) is 0.818. The van der Waals surface area contributed by atoms with Gasteiger partial charge in [-0.3, -0.25) is 9.59 Å². The Morgan fingerprint density at radius 3 is 1.86 bits per heavy atom. The highest BCUT2D eigenvalue weighted by molar-refractivity contribution is 5.87. The molecular formula is C11H20O3. The fourth-order valence-corrected chi connectivity index (χ4v) is 1.69. The largest absolute Gasteiger partial charge is 0.393 e. The average molecular weight is 200 g/mol. The third-order valence-electron chi connectivity index (χ3n) is 2.33. The second-order valence-electron chi connectivity index (χ2n) is 3.94. The molecule has 0 aromatic rings. The molecule has 0 amide bonds. The van der Waals surface area contributed by atoms with Gasteiger partial charge in [0.25, 0.3) is 0 Å². The van der Waals surface area contributed by atoms with Gasteiger partial charge < -0.3 is 4.74 Å². The number of esters is 2. The van der Waals surface area contributed by atoms with E-state index in [0.717, 1.165) is 25.7 Å². The van der Waals surface area contributed by atoms with Gasteiger partial charge in [0, 0.05) is 6.92 Å². The fourth-order valence-electron chi connectivity index (χ4n) is 1.69. The zero-order valence-corrected chi connectivity index (χ0v) is 9.55. The molecule has 0 saturated carbocycles. The molecule has 3 nitrogen and oxygen atoms in total. The predicted octanol–water partition coefficient (Wildman–Crippen LogP) is 2.68.